The van der Waals surface area contributed by atoms with Crippen LogP contribution in [-0.2, 0) is 6.54 Å². The molecular formula is C14H18Cl2N4OS. The SMILES string of the molecule is Cl.Cl.O=C(NCc1ccccn1)c1csc(C2CCNC2)n1. The molecule has 5 nitrogen and oxygen atoms in total. The molecule has 0 aliphatic carbocycles. The van der Waals surface area contributed by atoms with Crippen LogP contribution in [0.3, 0.4) is 0 Å². The lowest BCUT2D eigenvalue weighted by molar-refractivity contribution is 0.0946. The van der Waals surface area contributed by atoms with E-state index in [-0.39, 0.29) is 30.7 Å². The number of halogens is 2. The molecule has 120 valence electrons. The number of carbonyl (C=O) groups is 1. The quantitative estimate of drug-likeness (QED) is 0.878. The summed E-state index contributed by atoms with van der Waals surface area (Å²) in [6.07, 6.45) is 2.82. The molecule has 2 aromatic rings. The van der Waals surface area contributed by atoms with Crippen molar-refractivity contribution in [2.45, 2.75) is 18.9 Å². The smallest absolute Gasteiger partial charge is 0.271 e. The Labute approximate surface area is 145 Å². The van der Waals surface area contributed by atoms with Crippen molar-refractivity contribution < 1.29 is 4.79 Å². The van der Waals surface area contributed by atoms with Crippen molar-refractivity contribution in [2.24, 2.45) is 0 Å². The molecule has 1 atom stereocenters. The number of thiazole rings is 1. The molecule has 0 saturated carbocycles. The number of nitrogens with one attached hydrogen (secondary N) is 2. The highest BCUT2D eigenvalue weighted by Gasteiger charge is 2.21. The van der Waals surface area contributed by atoms with Crippen molar-refractivity contribution in [3.8, 4) is 0 Å². The maximum atomic E-state index is 12.0. The number of nitrogens with zero attached hydrogens (tertiary/aromatic N) is 2. The molecule has 2 aromatic heterocycles. The van der Waals surface area contributed by atoms with E-state index in [4.69, 9.17) is 0 Å². The van der Waals surface area contributed by atoms with Crippen molar-refractivity contribution in [3.05, 3.63) is 46.2 Å². The van der Waals surface area contributed by atoms with Gasteiger partial charge in [0.1, 0.15) is 5.69 Å². The minimum atomic E-state index is -0.135. The second-order valence-corrected chi connectivity index (χ2v) is 5.65. The molecule has 3 heterocycles. The molecular weight excluding hydrogens is 343 g/mol. The van der Waals surface area contributed by atoms with E-state index in [0.29, 0.717) is 18.2 Å². The van der Waals surface area contributed by atoms with Crippen LogP contribution in [0.25, 0.3) is 0 Å². The summed E-state index contributed by atoms with van der Waals surface area (Å²) in [6.45, 7) is 2.42. The van der Waals surface area contributed by atoms with Gasteiger partial charge in [0.25, 0.3) is 5.91 Å². The Balaban J connectivity index is 0.00000121. The Morgan fingerprint density at radius 2 is 2.27 bits per heavy atom. The number of carbonyl (C=O) groups excluding carboxylic acids is 1. The maximum absolute atomic E-state index is 12.0. The largest absolute Gasteiger partial charge is 0.345 e. The number of hydrogen-bond donors (Lipinski definition) is 2. The maximum Gasteiger partial charge on any atom is 0.271 e. The fraction of sp³-hybridized carbons (Fsp3) is 0.357. The van der Waals surface area contributed by atoms with Gasteiger partial charge in [0.15, 0.2) is 0 Å². The first-order chi connectivity index (χ1) is 9.83. The first-order valence-corrected chi connectivity index (χ1v) is 7.55. The number of pyridine rings is 1. The molecule has 0 spiro atoms. The zero-order valence-corrected chi connectivity index (χ0v) is 14.3. The number of amides is 1. The van der Waals surface area contributed by atoms with Gasteiger partial charge in [-0.05, 0) is 25.1 Å². The lowest BCUT2D eigenvalue weighted by Crippen LogP contribution is -2.23. The monoisotopic (exact) mass is 360 g/mol. The van der Waals surface area contributed by atoms with Gasteiger partial charge < -0.3 is 10.6 Å². The van der Waals surface area contributed by atoms with E-state index in [1.165, 1.54) is 0 Å². The fourth-order valence-corrected chi connectivity index (χ4v) is 3.15. The van der Waals surface area contributed by atoms with Gasteiger partial charge in [-0.1, -0.05) is 6.07 Å². The van der Waals surface area contributed by atoms with E-state index < -0.39 is 0 Å². The van der Waals surface area contributed by atoms with Gasteiger partial charge >= 0.3 is 0 Å². The molecule has 1 unspecified atom stereocenters. The Kier molecular flexibility index (Phi) is 7.75. The number of aromatic nitrogens is 2. The predicted octanol–water partition coefficient (Wildman–Crippen LogP) is 2.39. The van der Waals surface area contributed by atoms with Crippen molar-refractivity contribution in [1.29, 1.82) is 0 Å². The second kappa shape index (κ2) is 9.05. The van der Waals surface area contributed by atoms with E-state index in [1.54, 1.807) is 17.5 Å². The first-order valence-electron chi connectivity index (χ1n) is 6.67. The van der Waals surface area contributed by atoms with E-state index in [0.717, 1.165) is 30.2 Å². The summed E-state index contributed by atoms with van der Waals surface area (Å²) in [5.74, 6) is 0.321. The first kappa shape index (κ1) is 18.8. The van der Waals surface area contributed by atoms with E-state index in [9.17, 15) is 4.79 Å². The van der Waals surface area contributed by atoms with Crippen LogP contribution in [0.5, 0.6) is 0 Å². The molecule has 22 heavy (non-hydrogen) atoms. The number of hydrogen-bond acceptors (Lipinski definition) is 5. The Morgan fingerprint density at radius 1 is 1.41 bits per heavy atom. The van der Waals surface area contributed by atoms with Gasteiger partial charge in [-0.15, -0.1) is 36.2 Å². The predicted molar refractivity (Wildman–Crippen MR) is 92.2 cm³/mol. The van der Waals surface area contributed by atoms with Gasteiger partial charge in [-0.2, -0.15) is 0 Å². The third-order valence-corrected chi connectivity index (χ3v) is 4.33. The number of rotatable bonds is 4. The Hall–Kier alpha value is -1.21. The van der Waals surface area contributed by atoms with E-state index in [2.05, 4.69) is 20.6 Å². The third kappa shape index (κ3) is 4.64. The van der Waals surface area contributed by atoms with Crippen LogP contribution in [0.1, 0.15) is 33.5 Å². The van der Waals surface area contributed by atoms with Gasteiger partial charge in [0.05, 0.1) is 17.2 Å². The second-order valence-electron chi connectivity index (χ2n) is 4.76. The lowest BCUT2D eigenvalue weighted by Gasteiger charge is -2.03. The molecule has 3 rings (SSSR count). The van der Waals surface area contributed by atoms with E-state index in [1.807, 2.05) is 23.6 Å². The van der Waals surface area contributed by atoms with E-state index >= 15 is 0 Å². The van der Waals surface area contributed by atoms with Gasteiger partial charge in [-0.3, -0.25) is 9.78 Å². The summed E-state index contributed by atoms with van der Waals surface area (Å²) in [7, 11) is 0. The molecule has 0 radical (unpaired) electrons. The van der Waals surface area contributed by atoms with Crippen LogP contribution >= 0.6 is 36.2 Å². The lowest BCUT2D eigenvalue weighted by atomic mass is 10.1. The van der Waals surface area contributed by atoms with Gasteiger partial charge in [-0.25, -0.2) is 4.98 Å². The summed E-state index contributed by atoms with van der Waals surface area (Å²) < 4.78 is 0. The average molecular weight is 361 g/mol. The molecule has 1 saturated heterocycles. The van der Waals surface area contributed by atoms with Crippen LogP contribution < -0.4 is 10.6 Å². The minimum Gasteiger partial charge on any atom is -0.345 e. The Bertz CT molecular complexity index is 588. The topological polar surface area (TPSA) is 66.9 Å². The highest BCUT2D eigenvalue weighted by molar-refractivity contribution is 7.09. The standard InChI is InChI=1S/C14H16N4OS.2ClH/c19-13(17-8-11-3-1-2-5-16-11)12-9-20-14(18-12)10-4-6-15-7-10;;/h1-3,5,9-10,15H,4,6-8H2,(H,17,19);2*1H. The van der Waals surface area contributed by atoms with Crippen LogP contribution in [0.2, 0.25) is 0 Å². The zero-order valence-electron chi connectivity index (χ0n) is 11.8. The average Bonchev–Trinajstić information content (AvgIpc) is 3.16. The van der Waals surface area contributed by atoms with Crippen molar-refractivity contribution in [1.82, 2.24) is 20.6 Å². The molecule has 1 fully saturated rings. The fourth-order valence-electron chi connectivity index (χ4n) is 2.21. The van der Waals surface area contributed by atoms with Crippen LogP contribution in [0.15, 0.2) is 29.8 Å². The van der Waals surface area contributed by atoms with Gasteiger partial charge in [0.2, 0.25) is 0 Å². The molecule has 1 amide bonds. The van der Waals surface area contributed by atoms with Crippen LogP contribution in [0, 0.1) is 0 Å². The summed E-state index contributed by atoms with van der Waals surface area (Å²) >= 11 is 1.57. The van der Waals surface area contributed by atoms with Crippen LogP contribution in [0.4, 0.5) is 0 Å². The zero-order chi connectivity index (χ0) is 13.8. The third-order valence-electron chi connectivity index (χ3n) is 3.32. The molecule has 0 bridgehead atoms. The Morgan fingerprint density at radius 3 is 2.95 bits per heavy atom. The molecule has 2 N–H and O–H groups in total. The molecule has 1 aliphatic heterocycles. The van der Waals surface area contributed by atoms with Crippen molar-refractivity contribution in [2.75, 3.05) is 13.1 Å². The summed E-state index contributed by atoms with van der Waals surface area (Å²) in [5.41, 5.74) is 1.35. The van der Waals surface area contributed by atoms with Gasteiger partial charge in [0, 0.05) is 24.0 Å². The van der Waals surface area contributed by atoms with Crippen molar-refractivity contribution >= 4 is 42.1 Å². The van der Waals surface area contributed by atoms with Crippen molar-refractivity contribution in [3.63, 3.8) is 0 Å². The minimum absolute atomic E-state index is 0. The summed E-state index contributed by atoms with van der Waals surface area (Å²) in [5, 5.41) is 9.05. The summed E-state index contributed by atoms with van der Waals surface area (Å²) in [6, 6.07) is 5.65. The highest BCUT2D eigenvalue weighted by Crippen LogP contribution is 2.25. The molecule has 0 aromatic carbocycles. The molecule has 1 aliphatic rings. The van der Waals surface area contributed by atoms with Crippen LogP contribution in [-0.4, -0.2) is 29.0 Å². The molecule has 8 heteroatoms. The normalized spacial score (nSPS) is 16.5. The summed E-state index contributed by atoms with van der Waals surface area (Å²) in [4.78, 5) is 20.7. The highest BCUT2D eigenvalue weighted by atomic mass is 35.5.